The van der Waals surface area contributed by atoms with Crippen LogP contribution < -0.4 is 10.6 Å². The van der Waals surface area contributed by atoms with Crippen LogP contribution in [0.25, 0.3) is 0 Å². The Hall–Kier alpha value is -1.85. The number of rotatable bonds is 7. The van der Waals surface area contributed by atoms with Crippen LogP contribution in [-0.2, 0) is 28.4 Å². The molecule has 2 rings (SSSR count). The van der Waals surface area contributed by atoms with Gasteiger partial charge in [0.15, 0.2) is 0 Å². The number of alkyl carbamates (subject to hydrolysis) is 1. The van der Waals surface area contributed by atoms with Crippen molar-refractivity contribution in [3.63, 3.8) is 0 Å². The molecule has 10 nitrogen and oxygen atoms in total. The molecule has 2 N–H and O–H groups in total. The fourth-order valence-corrected chi connectivity index (χ4v) is 3.47. The zero-order valence-corrected chi connectivity index (χ0v) is 21.3. The summed E-state index contributed by atoms with van der Waals surface area (Å²) in [4.78, 5) is 40.1. The van der Waals surface area contributed by atoms with E-state index in [1.165, 1.54) is 0 Å². The van der Waals surface area contributed by atoms with Gasteiger partial charge < -0.3 is 34.3 Å². The van der Waals surface area contributed by atoms with Crippen LogP contribution in [0.5, 0.6) is 0 Å². The average Bonchev–Trinajstić information content (AvgIpc) is 2.91. The maximum atomic E-state index is 13.2. The molecule has 0 spiro atoms. The van der Waals surface area contributed by atoms with E-state index in [4.69, 9.17) is 18.8 Å². The molecule has 2 aliphatic rings. The first-order chi connectivity index (χ1) is 15.1. The van der Waals surface area contributed by atoms with Gasteiger partial charge in [-0.3, -0.25) is 9.59 Å². The molecule has 33 heavy (non-hydrogen) atoms. The van der Waals surface area contributed by atoms with E-state index in [1.54, 1.807) is 25.7 Å². The number of carbonyl (C=O) groups is 3. The van der Waals surface area contributed by atoms with Gasteiger partial charge in [-0.05, 0) is 54.9 Å². The topological polar surface area (TPSA) is 115 Å². The third-order valence-electron chi connectivity index (χ3n) is 6.12. The van der Waals surface area contributed by atoms with E-state index in [0.717, 1.165) is 0 Å². The lowest BCUT2D eigenvalue weighted by Gasteiger charge is -2.32. The van der Waals surface area contributed by atoms with Gasteiger partial charge in [0.1, 0.15) is 11.6 Å². The normalized spacial score (nSPS) is 21.8. The summed E-state index contributed by atoms with van der Waals surface area (Å²) >= 11 is 0. The Balaban J connectivity index is 2.11. The number of hydrogen-bond donors (Lipinski definition) is 2. The summed E-state index contributed by atoms with van der Waals surface area (Å²) in [7, 11) is -0.652. The van der Waals surface area contributed by atoms with Gasteiger partial charge >= 0.3 is 13.2 Å². The highest BCUT2D eigenvalue weighted by atomic mass is 16.7. The third kappa shape index (κ3) is 7.58. The van der Waals surface area contributed by atoms with E-state index >= 15 is 0 Å². The lowest BCUT2D eigenvalue weighted by Crippen LogP contribution is -2.56. The second-order valence-corrected chi connectivity index (χ2v) is 10.5. The van der Waals surface area contributed by atoms with Gasteiger partial charge in [-0.1, -0.05) is 6.92 Å². The number of hydrogen-bond acceptors (Lipinski definition) is 7. The van der Waals surface area contributed by atoms with Crippen molar-refractivity contribution in [2.24, 2.45) is 0 Å². The van der Waals surface area contributed by atoms with Crippen LogP contribution in [0.3, 0.4) is 0 Å². The molecule has 0 aliphatic carbocycles. The maximum absolute atomic E-state index is 13.2. The first kappa shape index (κ1) is 27.4. The molecule has 11 heteroatoms. The molecule has 2 atom stereocenters. The van der Waals surface area contributed by atoms with E-state index in [9.17, 15) is 14.4 Å². The lowest BCUT2D eigenvalue weighted by molar-refractivity contribution is -0.138. The summed E-state index contributed by atoms with van der Waals surface area (Å²) in [6.07, 6.45) is -0.412. The van der Waals surface area contributed by atoms with Crippen LogP contribution in [0.2, 0.25) is 0 Å². The third-order valence-corrected chi connectivity index (χ3v) is 6.12. The Morgan fingerprint density at radius 1 is 1.03 bits per heavy atom. The van der Waals surface area contributed by atoms with Crippen molar-refractivity contribution < 1.29 is 33.2 Å². The summed E-state index contributed by atoms with van der Waals surface area (Å²) in [5, 5.41) is 5.47. The molecule has 0 aromatic rings. The molecule has 0 aromatic carbocycles. The Labute approximate surface area is 197 Å². The van der Waals surface area contributed by atoms with Gasteiger partial charge in [0, 0.05) is 13.1 Å². The van der Waals surface area contributed by atoms with Crippen LogP contribution in [0.1, 0.15) is 68.2 Å². The summed E-state index contributed by atoms with van der Waals surface area (Å²) in [6.45, 7) is 16.6. The predicted octanol–water partition coefficient (Wildman–Crippen LogP) is 1.65. The number of nitrogens with zero attached hydrogens (tertiary/aromatic N) is 1. The summed E-state index contributed by atoms with van der Waals surface area (Å²) in [6, 6.07) is -1.10. The number of ether oxygens (including phenoxy) is 2. The van der Waals surface area contributed by atoms with E-state index in [-0.39, 0.29) is 12.3 Å². The van der Waals surface area contributed by atoms with Crippen LogP contribution in [0.15, 0.2) is 0 Å². The Kier molecular flexibility index (Phi) is 8.81. The fraction of sp³-hybridized carbons (Fsp3) is 0.864. The van der Waals surface area contributed by atoms with E-state index in [0.29, 0.717) is 32.7 Å². The highest BCUT2D eigenvalue weighted by molar-refractivity contribution is 6.48. The highest BCUT2D eigenvalue weighted by Crippen LogP contribution is 2.37. The van der Waals surface area contributed by atoms with Crippen molar-refractivity contribution in [1.29, 1.82) is 0 Å². The number of amides is 3. The number of morpholine rings is 1. The first-order valence-electron chi connectivity index (χ1n) is 11.7. The second-order valence-electron chi connectivity index (χ2n) is 10.5. The lowest BCUT2D eigenvalue weighted by atomic mass is 9.76. The van der Waals surface area contributed by atoms with Crippen molar-refractivity contribution in [3.05, 3.63) is 0 Å². The monoisotopic (exact) mass is 469 g/mol. The Bertz CT molecular complexity index is 701. The van der Waals surface area contributed by atoms with Gasteiger partial charge in [0.2, 0.25) is 11.8 Å². The molecule has 2 aliphatic heterocycles. The number of nitrogens with one attached hydrogen (secondary N) is 2. The molecule has 0 bridgehead atoms. The largest absolute Gasteiger partial charge is 0.481 e. The molecule has 0 aromatic heterocycles. The molecule has 2 fully saturated rings. The molecule has 0 saturated carbocycles. The summed E-state index contributed by atoms with van der Waals surface area (Å²) < 4.78 is 22.8. The van der Waals surface area contributed by atoms with Gasteiger partial charge in [0.05, 0.1) is 36.8 Å². The van der Waals surface area contributed by atoms with Crippen molar-refractivity contribution in [2.75, 3.05) is 26.3 Å². The molecular formula is C22H40BN3O7. The quantitative estimate of drug-likeness (QED) is 0.545. The van der Waals surface area contributed by atoms with Crippen LogP contribution >= 0.6 is 0 Å². The van der Waals surface area contributed by atoms with Crippen molar-refractivity contribution >= 4 is 25.0 Å². The molecule has 2 heterocycles. The fourth-order valence-electron chi connectivity index (χ4n) is 3.47. The van der Waals surface area contributed by atoms with Gasteiger partial charge in [-0.25, -0.2) is 4.79 Å². The van der Waals surface area contributed by atoms with Crippen LogP contribution in [0, 0.1) is 0 Å². The Morgan fingerprint density at radius 3 is 2.06 bits per heavy atom. The highest BCUT2D eigenvalue weighted by Gasteiger charge is 2.54. The zero-order chi connectivity index (χ0) is 25.0. The van der Waals surface area contributed by atoms with Gasteiger partial charge in [-0.2, -0.15) is 0 Å². The minimum Gasteiger partial charge on any atom is -0.444 e. The van der Waals surface area contributed by atoms with Crippen molar-refractivity contribution in [1.82, 2.24) is 15.5 Å². The Morgan fingerprint density at radius 2 is 1.58 bits per heavy atom. The molecular weight excluding hydrogens is 429 g/mol. The van der Waals surface area contributed by atoms with Gasteiger partial charge in [-0.15, -0.1) is 0 Å². The van der Waals surface area contributed by atoms with Crippen LogP contribution in [0.4, 0.5) is 4.79 Å². The molecule has 2 unspecified atom stereocenters. The van der Waals surface area contributed by atoms with E-state index in [2.05, 4.69) is 10.6 Å². The first-order valence-corrected chi connectivity index (χ1v) is 11.7. The molecule has 3 amide bonds. The summed E-state index contributed by atoms with van der Waals surface area (Å²) in [5.74, 6) is -1.19. The smallest absolute Gasteiger partial charge is 0.444 e. The van der Waals surface area contributed by atoms with Crippen molar-refractivity contribution in [3.8, 4) is 0 Å². The standard InChI is InChI=1S/C22H40BN3O7/c1-9-16(23-32-21(5,6)22(7,8)33-23)25-18(28)15(24-19(29)31-20(2,3)4)14-17(27)26-10-12-30-13-11-26/h15-16H,9-14H2,1-8H3,(H,24,29)(H,25,28). The second kappa shape index (κ2) is 10.6. The molecule has 2 saturated heterocycles. The van der Waals surface area contributed by atoms with E-state index < -0.39 is 47.9 Å². The molecule has 0 radical (unpaired) electrons. The van der Waals surface area contributed by atoms with E-state index in [1.807, 2.05) is 34.6 Å². The average molecular weight is 469 g/mol. The van der Waals surface area contributed by atoms with Crippen molar-refractivity contribution in [2.45, 2.75) is 97.0 Å². The zero-order valence-electron chi connectivity index (χ0n) is 21.3. The minimum absolute atomic E-state index is 0.190. The predicted molar refractivity (Wildman–Crippen MR) is 123 cm³/mol. The number of carbonyl (C=O) groups excluding carboxylic acids is 3. The molecule has 188 valence electrons. The summed E-state index contributed by atoms with van der Waals surface area (Å²) in [5.41, 5.74) is -1.83. The minimum atomic E-state index is -1.10. The SMILES string of the molecule is CCC(NC(=O)C(CC(=O)N1CCOCC1)NC(=O)OC(C)(C)C)B1OC(C)(C)C(C)(C)O1. The van der Waals surface area contributed by atoms with Gasteiger partial charge in [0.25, 0.3) is 0 Å². The van der Waals surface area contributed by atoms with Crippen LogP contribution in [-0.4, -0.2) is 85.0 Å². The maximum Gasteiger partial charge on any atom is 0.481 e.